The zero-order valence-electron chi connectivity index (χ0n) is 13.0. The number of pyridine rings is 2. The number of hydrogen-bond donors (Lipinski definition) is 1. The third-order valence-corrected chi connectivity index (χ3v) is 3.23. The summed E-state index contributed by atoms with van der Waals surface area (Å²) in [7, 11) is 0. The van der Waals surface area contributed by atoms with Crippen LogP contribution in [0.4, 0.5) is 18.9 Å². The first-order chi connectivity index (χ1) is 11.8. The summed E-state index contributed by atoms with van der Waals surface area (Å²) in [6.45, 7) is 0.495. The fourth-order valence-electron chi connectivity index (χ4n) is 2.08. The van der Waals surface area contributed by atoms with Gasteiger partial charge in [-0.2, -0.15) is 13.2 Å². The lowest BCUT2D eigenvalue weighted by Crippen LogP contribution is -2.19. The second-order valence-corrected chi connectivity index (χ2v) is 5.34. The van der Waals surface area contributed by atoms with Crippen LogP contribution in [0.1, 0.15) is 16.1 Å². The number of alkyl halides is 3. The Bertz CT molecular complexity index is 904. The van der Waals surface area contributed by atoms with Crippen molar-refractivity contribution in [2.75, 3.05) is 11.9 Å². The summed E-state index contributed by atoms with van der Waals surface area (Å²) in [5.41, 5.74) is 2.18. The molecule has 0 aromatic carbocycles. The van der Waals surface area contributed by atoms with Crippen LogP contribution in [0.5, 0.6) is 5.88 Å². The Morgan fingerprint density at radius 3 is 2.80 bits per heavy atom. The Morgan fingerprint density at radius 1 is 1.32 bits per heavy atom. The number of fused-ring (bicyclic) bond motifs is 1. The van der Waals surface area contributed by atoms with E-state index in [0.717, 1.165) is 5.56 Å². The number of nitrogens with one attached hydrogen (secondary N) is 1. The number of nitrogens with zero attached hydrogens (tertiary/aromatic N) is 3. The number of carbonyl (C=O) groups excluding carboxylic acids is 1. The SMILES string of the molecule is Cc1ccn2cc(C(=O)Nc3ccc(OCC(F)(F)F)nc3)nc2c1. The summed E-state index contributed by atoms with van der Waals surface area (Å²) < 4.78 is 42.4. The lowest BCUT2D eigenvalue weighted by molar-refractivity contribution is -0.154. The van der Waals surface area contributed by atoms with E-state index in [1.165, 1.54) is 18.3 Å². The van der Waals surface area contributed by atoms with E-state index in [-0.39, 0.29) is 11.6 Å². The molecule has 0 spiro atoms. The standard InChI is InChI=1S/C16H13F3N4O2/c1-10-4-5-23-8-12(22-13(23)6-10)15(24)21-11-2-3-14(20-7-11)25-9-16(17,18)19/h2-8H,9H2,1H3,(H,21,24). The van der Waals surface area contributed by atoms with E-state index in [1.54, 1.807) is 16.8 Å². The van der Waals surface area contributed by atoms with Crippen molar-refractivity contribution in [1.82, 2.24) is 14.4 Å². The van der Waals surface area contributed by atoms with Crippen molar-refractivity contribution in [3.8, 4) is 5.88 Å². The topological polar surface area (TPSA) is 68.5 Å². The average Bonchev–Trinajstić information content (AvgIpc) is 2.96. The summed E-state index contributed by atoms with van der Waals surface area (Å²) in [6.07, 6.45) is 0.154. The van der Waals surface area contributed by atoms with Crippen LogP contribution in [0.2, 0.25) is 0 Å². The van der Waals surface area contributed by atoms with Crippen molar-refractivity contribution in [2.24, 2.45) is 0 Å². The highest BCUT2D eigenvalue weighted by Crippen LogP contribution is 2.18. The second-order valence-electron chi connectivity index (χ2n) is 5.34. The summed E-state index contributed by atoms with van der Waals surface area (Å²) in [5.74, 6) is -0.634. The highest BCUT2D eigenvalue weighted by atomic mass is 19.4. The second kappa shape index (κ2) is 6.42. The molecule has 0 unspecified atom stereocenters. The summed E-state index contributed by atoms with van der Waals surface area (Å²) in [4.78, 5) is 20.2. The monoisotopic (exact) mass is 350 g/mol. The molecule has 0 radical (unpaired) electrons. The predicted octanol–water partition coefficient (Wildman–Crippen LogP) is 3.23. The Labute approximate surface area is 140 Å². The van der Waals surface area contributed by atoms with Gasteiger partial charge in [-0.1, -0.05) is 0 Å². The highest BCUT2D eigenvalue weighted by molar-refractivity contribution is 6.03. The van der Waals surface area contributed by atoms with Gasteiger partial charge in [-0.05, 0) is 30.7 Å². The number of aromatic nitrogens is 3. The average molecular weight is 350 g/mol. The molecule has 1 amide bonds. The van der Waals surface area contributed by atoms with Gasteiger partial charge in [0.05, 0.1) is 11.9 Å². The van der Waals surface area contributed by atoms with E-state index in [9.17, 15) is 18.0 Å². The number of hydrogen-bond acceptors (Lipinski definition) is 4. The molecule has 130 valence electrons. The molecule has 0 aliphatic heterocycles. The molecule has 3 aromatic heterocycles. The Kier molecular flexibility index (Phi) is 4.30. The molecule has 0 fully saturated rings. The van der Waals surface area contributed by atoms with Gasteiger partial charge in [0.25, 0.3) is 5.91 Å². The van der Waals surface area contributed by atoms with Crippen LogP contribution in [-0.2, 0) is 0 Å². The quantitative estimate of drug-likeness (QED) is 0.784. The Hall–Kier alpha value is -3.10. The molecule has 3 aromatic rings. The number of amides is 1. The largest absolute Gasteiger partial charge is 0.468 e. The molecule has 0 aliphatic rings. The molecule has 0 saturated carbocycles. The van der Waals surface area contributed by atoms with Crippen molar-refractivity contribution in [2.45, 2.75) is 13.1 Å². The number of rotatable bonds is 4. The number of anilines is 1. The summed E-state index contributed by atoms with van der Waals surface area (Å²) in [5, 5.41) is 2.58. The van der Waals surface area contributed by atoms with Gasteiger partial charge in [0.1, 0.15) is 11.3 Å². The van der Waals surface area contributed by atoms with Gasteiger partial charge < -0.3 is 14.5 Å². The Balaban J connectivity index is 1.67. The Morgan fingerprint density at radius 2 is 2.12 bits per heavy atom. The van der Waals surface area contributed by atoms with Crippen LogP contribution < -0.4 is 10.1 Å². The molecular formula is C16H13F3N4O2. The van der Waals surface area contributed by atoms with Crippen molar-refractivity contribution in [3.05, 3.63) is 54.1 Å². The van der Waals surface area contributed by atoms with Gasteiger partial charge in [0.15, 0.2) is 6.61 Å². The van der Waals surface area contributed by atoms with Crippen molar-refractivity contribution < 1.29 is 22.7 Å². The van der Waals surface area contributed by atoms with Crippen LogP contribution in [-0.4, -0.2) is 33.1 Å². The first-order valence-electron chi connectivity index (χ1n) is 7.22. The van der Waals surface area contributed by atoms with Gasteiger partial charge in [0.2, 0.25) is 5.88 Å². The normalized spacial score (nSPS) is 11.5. The van der Waals surface area contributed by atoms with E-state index in [0.29, 0.717) is 11.3 Å². The molecule has 6 nitrogen and oxygen atoms in total. The maximum atomic E-state index is 12.2. The van der Waals surface area contributed by atoms with Gasteiger partial charge in [-0.25, -0.2) is 9.97 Å². The molecule has 1 N–H and O–H groups in total. The first-order valence-corrected chi connectivity index (χ1v) is 7.22. The smallest absolute Gasteiger partial charge is 0.422 e. The first kappa shape index (κ1) is 16.7. The fourth-order valence-corrected chi connectivity index (χ4v) is 2.08. The minimum atomic E-state index is -4.43. The van der Waals surface area contributed by atoms with Crippen LogP contribution in [0.15, 0.2) is 42.9 Å². The third-order valence-electron chi connectivity index (χ3n) is 3.23. The van der Waals surface area contributed by atoms with Crippen molar-refractivity contribution in [1.29, 1.82) is 0 Å². The van der Waals surface area contributed by atoms with E-state index >= 15 is 0 Å². The lowest BCUT2D eigenvalue weighted by Gasteiger charge is -2.08. The van der Waals surface area contributed by atoms with Crippen LogP contribution >= 0.6 is 0 Å². The molecule has 3 heterocycles. The van der Waals surface area contributed by atoms with E-state index in [4.69, 9.17) is 0 Å². The van der Waals surface area contributed by atoms with E-state index in [1.807, 2.05) is 19.1 Å². The number of halogens is 3. The zero-order valence-corrected chi connectivity index (χ0v) is 13.0. The number of aryl methyl sites for hydroxylation is 1. The molecule has 0 bridgehead atoms. The third kappa shape index (κ3) is 4.25. The van der Waals surface area contributed by atoms with Crippen LogP contribution in [0.3, 0.4) is 0 Å². The van der Waals surface area contributed by atoms with E-state index in [2.05, 4.69) is 20.0 Å². The maximum Gasteiger partial charge on any atom is 0.422 e. The lowest BCUT2D eigenvalue weighted by atomic mass is 10.3. The zero-order chi connectivity index (χ0) is 18.0. The van der Waals surface area contributed by atoms with Crippen LogP contribution in [0.25, 0.3) is 5.65 Å². The van der Waals surface area contributed by atoms with Gasteiger partial charge in [-0.3, -0.25) is 4.79 Å². The molecule has 25 heavy (non-hydrogen) atoms. The molecule has 0 aliphatic carbocycles. The maximum absolute atomic E-state index is 12.2. The van der Waals surface area contributed by atoms with Gasteiger partial charge >= 0.3 is 6.18 Å². The molecule has 0 saturated heterocycles. The summed E-state index contributed by atoms with van der Waals surface area (Å²) in [6, 6.07) is 6.37. The highest BCUT2D eigenvalue weighted by Gasteiger charge is 2.28. The van der Waals surface area contributed by atoms with Gasteiger partial charge in [-0.15, -0.1) is 0 Å². The molecule has 0 atom stereocenters. The minimum Gasteiger partial charge on any atom is -0.468 e. The molecular weight excluding hydrogens is 337 g/mol. The number of imidazole rings is 1. The summed E-state index contributed by atoms with van der Waals surface area (Å²) >= 11 is 0. The van der Waals surface area contributed by atoms with Crippen LogP contribution in [0, 0.1) is 6.92 Å². The molecule has 9 heteroatoms. The molecule has 3 rings (SSSR count). The predicted molar refractivity (Wildman–Crippen MR) is 83.7 cm³/mol. The van der Waals surface area contributed by atoms with Crippen molar-refractivity contribution in [3.63, 3.8) is 0 Å². The van der Waals surface area contributed by atoms with E-state index < -0.39 is 18.7 Å². The number of carbonyl (C=O) groups is 1. The number of ether oxygens (including phenoxy) is 1. The minimum absolute atomic E-state index is 0.182. The van der Waals surface area contributed by atoms with Crippen molar-refractivity contribution >= 4 is 17.2 Å². The van der Waals surface area contributed by atoms with Gasteiger partial charge in [0, 0.05) is 18.5 Å². The fraction of sp³-hybridized carbons (Fsp3) is 0.188.